The summed E-state index contributed by atoms with van der Waals surface area (Å²) >= 11 is 5.85. The SMILES string of the molecule is CC#CCCNc1cc(Cl)nc(CC)n1. The van der Waals surface area contributed by atoms with Crippen molar-refractivity contribution < 1.29 is 0 Å². The topological polar surface area (TPSA) is 37.8 Å². The summed E-state index contributed by atoms with van der Waals surface area (Å²) in [6.45, 7) is 4.60. The Bertz CT molecular complexity index is 379. The molecule has 15 heavy (non-hydrogen) atoms. The van der Waals surface area contributed by atoms with Gasteiger partial charge in [0.05, 0.1) is 0 Å². The maximum atomic E-state index is 5.85. The summed E-state index contributed by atoms with van der Waals surface area (Å²) in [5, 5.41) is 3.63. The first-order valence-corrected chi connectivity index (χ1v) is 5.31. The monoisotopic (exact) mass is 223 g/mol. The summed E-state index contributed by atoms with van der Waals surface area (Å²) in [7, 11) is 0. The fourth-order valence-corrected chi connectivity index (χ4v) is 1.29. The molecule has 80 valence electrons. The first-order chi connectivity index (χ1) is 7.26. The van der Waals surface area contributed by atoms with Crippen LogP contribution in [0.15, 0.2) is 6.07 Å². The molecule has 1 aromatic rings. The average molecular weight is 224 g/mol. The van der Waals surface area contributed by atoms with Gasteiger partial charge in [-0.25, -0.2) is 9.97 Å². The van der Waals surface area contributed by atoms with Crippen LogP contribution in [-0.2, 0) is 6.42 Å². The fourth-order valence-electron chi connectivity index (χ4n) is 1.09. The van der Waals surface area contributed by atoms with E-state index in [1.807, 2.05) is 13.8 Å². The average Bonchev–Trinajstić information content (AvgIpc) is 2.23. The van der Waals surface area contributed by atoms with Gasteiger partial charge in [0, 0.05) is 25.5 Å². The number of hydrogen-bond acceptors (Lipinski definition) is 3. The zero-order valence-corrected chi connectivity index (χ0v) is 9.73. The molecule has 0 amide bonds. The zero-order chi connectivity index (χ0) is 11.1. The summed E-state index contributed by atoms with van der Waals surface area (Å²) in [4.78, 5) is 8.38. The van der Waals surface area contributed by atoms with Gasteiger partial charge in [0.1, 0.15) is 16.8 Å². The molecule has 0 spiro atoms. The molecule has 0 aliphatic rings. The molecular weight excluding hydrogens is 210 g/mol. The molecule has 0 fully saturated rings. The summed E-state index contributed by atoms with van der Waals surface area (Å²) in [6.07, 6.45) is 1.59. The molecule has 0 aliphatic heterocycles. The largest absolute Gasteiger partial charge is 0.369 e. The number of aryl methyl sites for hydroxylation is 1. The number of halogens is 1. The number of aromatic nitrogens is 2. The third kappa shape index (κ3) is 4.18. The lowest BCUT2D eigenvalue weighted by atomic mass is 10.4. The molecular formula is C11H14ClN3. The number of nitrogens with zero attached hydrogens (tertiary/aromatic N) is 2. The van der Waals surface area contributed by atoms with Gasteiger partial charge >= 0.3 is 0 Å². The Morgan fingerprint density at radius 1 is 1.47 bits per heavy atom. The Kier molecular flexibility index (Phi) is 4.92. The maximum Gasteiger partial charge on any atom is 0.134 e. The minimum atomic E-state index is 0.478. The van der Waals surface area contributed by atoms with E-state index in [0.717, 1.165) is 31.0 Å². The number of rotatable bonds is 4. The van der Waals surface area contributed by atoms with Crippen LogP contribution in [-0.4, -0.2) is 16.5 Å². The van der Waals surface area contributed by atoms with Crippen molar-refractivity contribution >= 4 is 17.4 Å². The van der Waals surface area contributed by atoms with Crippen LogP contribution in [0, 0.1) is 11.8 Å². The van der Waals surface area contributed by atoms with Crippen molar-refractivity contribution in [2.45, 2.75) is 26.7 Å². The van der Waals surface area contributed by atoms with E-state index in [9.17, 15) is 0 Å². The molecule has 1 N–H and O–H groups in total. The van der Waals surface area contributed by atoms with Gasteiger partial charge in [0.2, 0.25) is 0 Å². The van der Waals surface area contributed by atoms with Gasteiger partial charge in [-0.1, -0.05) is 18.5 Å². The lowest BCUT2D eigenvalue weighted by molar-refractivity contribution is 0.932. The van der Waals surface area contributed by atoms with Crippen LogP contribution in [0.25, 0.3) is 0 Å². The molecule has 0 radical (unpaired) electrons. The number of hydrogen-bond donors (Lipinski definition) is 1. The molecule has 1 rings (SSSR count). The van der Waals surface area contributed by atoms with Crippen molar-refractivity contribution in [3.8, 4) is 11.8 Å². The van der Waals surface area contributed by atoms with Crippen LogP contribution in [0.5, 0.6) is 0 Å². The molecule has 0 saturated heterocycles. The second-order valence-electron chi connectivity index (χ2n) is 2.95. The summed E-state index contributed by atoms with van der Waals surface area (Å²) in [6, 6.07) is 1.72. The highest BCUT2D eigenvalue weighted by Crippen LogP contribution is 2.11. The van der Waals surface area contributed by atoms with Crippen molar-refractivity contribution in [3.05, 3.63) is 17.0 Å². The molecule has 1 heterocycles. The van der Waals surface area contributed by atoms with Crippen LogP contribution in [0.4, 0.5) is 5.82 Å². The third-order valence-electron chi connectivity index (χ3n) is 1.79. The summed E-state index contributed by atoms with van der Waals surface area (Å²) < 4.78 is 0. The van der Waals surface area contributed by atoms with Gasteiger partial charge < -0.3 is 5.32 Å². The summed E-state index contributed by atoms with van der Waals surface area (Å²) in [5.74, 6) is 7.34. The standard InChI is InChI=1S/C11H14ClN3/c1-3-5-6-7-13-11-8-9(12)14-10(4-2)15-11/h8H,4,6-7H2,1-2H3,(H,13,14,15). The Balaban J connectivity index is 2.59. The van der Waals surface area contributed by atoms with Crippen molar-refractivity contribution in [2.24, 2.45) is 0 Å². The van der Waals surface area contributed by atoms with Crippen LogP contribution < -0.4 is 5.32 Å². The number of nitrogens with one attached hydrogen (secondary N) is 1. The molecule has 0 bridgehead atoms. The van der Waals surface area contributed by atoms with Gasteiger partial charge in [0.15, 0.2) is 0 Å². The summed E-state index contributed by atoms with van der Waals surface area (Å²) in [5.41, 5.74) is 0. The molecule has 0 aromatic carbocycles. The Hall–Kier alpha value is -1.27. The molecule has 0 atom stereocenters. The van der Waals surface area contributed by atoms with E-state index in [1.54, 1.807) is 6.07 Å². The Morgan fingerprint density at radius 3 is 2.93 bits per heavy atom. The quantitative estimate of drug-likeness (QED) is 0.484. The first kappa shape index (κ1) is 11.8. The Labute approximate surface area is 95.3 Å². The van der Waals surface area contributed by atoms with Crippen molar-refractivity contribution in [1.82, 2.24) is 9.97 Å². The van der Waals surface area contributed by atoms with Crippen LogP contribution in [0.1, 0.15) is 26.1 Å². The second kappa shape index (κ2) is 6.26. The van der Waals surface area contributed by atoms with Gasteiger partial charge in [-0.2, -0.15) is 0 Å². The van der Waals surface area contributed by atoms with Gasteiger partial charge in [-0.15, -0.1) is 11.8 Å². The normalized spacial score (nSPS) is 9.27. The van der Waals surface area contributed by atoms with Crippen molar-refractivity contribution in [2.75, 3.05) is 11.9 Å². The predicted octanol–water partition coefficient (Wildman–Crippen LogP) is 2.52. The first-order valence-electron chi connectivity index (χ1n) is 4.93. The van der Waals surface area contributed by atoms with Crippen LogP contribution in [0.2, 0.25) is 5.15 Å². The third-order valence-corrected chi connectivity index (χ3v) is 1.98. The van der Waals surface area contributed by atoms with Crippen molar-refractivity contribution in [3.63, 3.8) is 0 Å². The van der Waals surface area contributed by atoms with E-state index in [0.29, 0.717) is 5.15 Å². The highest BCUT2D eigenvalue weighted by molar-refractivity contribution is 6.29. The van der Waals surface area contributed by atoms with E-state index in [-0.39, 0.29) is 0 Å². The van der Waals surface area contributed by atoms with Gasteiger partial charge in [-0.05, 0) is 6.92 Å². The minimum Gasteiger partial charge on any atom is -0.369 e. The molecule has 0 aliphatic carbocycles. The maximum absolute atomic E-state index is 5.85. The van der Waals surface area contributed by atoms with Crippen molar-refractivity contribution in [1.29, 1.82) is 0 Å². The van der Waals surface area contributed by atoms with Crippen LogP contribution in [0.3, 0.4) is 0 Å². The molecule has 4 heteroatoms. The highest BCUT2D eigenvalue weighted by Gasteiger charge is 2.00. The van der Waals surface area contributed by atoms with E-state index < -0.39 is 0 Å². The molecule has 0 unspecified atom stereocenters. The Morgan fingerprint density at radius 2 is 2.27 bits per heavy atom. The lowest BCUT2D eigenvalue weighted by Gasteiger charge is -2.05. The van der Waals surface area contributed by atoms with Crippen LogP contribution >= 0.6 is 11.6 Å². The van der Waals surface area contributed by atoms with E-state index in [2.05, 4.69) is 27.1 Å². The smallest absolute Gasteiger partial charge is 0.134 e. The second-order valence-corrected chi connectivity index (χ2v) is 3.34. The molecule has 1 aromatic heterocycles. The van der Waals surface area contributed by atoms with E-state index in [4.69, 9.17) is 11.6 Å². The van der Waals surface area contributed by atoms with E-state index in [1.165, 1.54) is 0 Å². The zero-order valence-electron chi connectivity index (χ0n) is 8.97. The van der Waals surface area contributed by atoms with E-state index >= 15 is 0 Å². The fraction of sp³-hybridized carbons (Fsp3) is 0.455. The number of anilines is 1. The van der Waals surface area contributed by atoms with Gasteiger partial charge in [0.25, 0.3) is 0 Å². The minimum absolute atomic E-state index is 0.478. The lowest BCUT2D eigenvalue weighted by Crippen LogP contribution is -2.05. The molecule has 3 nitrogen and oxygen atoms in total. The molecule has 0 saturated carbocycles. The predicted molar refractivity (Wildman–Crippen MR) is 63.0 cm³/mol. The highest BCUT2D eigenvalue weighted by atomic mass is 35.5. The van der Waals surface area contributed by atoms with Gasteiger partial charge in [-0.3, -0.25) is 0 Å².